The van der Waals surface area contributed by atoms with Crippen molar-refractivity contribution in [3.8, 4) is 0 Å². The number of hydrogen-bond donors (Lipinski definition) is 1. The number of carbonyl (C=O) groups excluding carboxylic acids is 1. The Labute approximate surface area is 174 Å². The van der Waals surface area contributed by atoms with Gasteiger partial charge in [-0.1, -0.05) is 12.1 Å². The van der Waals surface area contributed by atoms with Gasteiger partial charge in [-0.15, -0.1) is 0 Å². The van der Waals surface area contributed by atoms with Crippen LogP contribution in [0.4, 0.5) is 5.82 Å². The number of aromatic nitrogens is 3. The number of nitrogens with zero attached hydrogens (tertiary/aromatic N) is 4. The van der Waals surface area contributed by atoms with Gasteiger partial charge in [0.25, 0.3) is 5.56 Å². The molecule has 0 radical (unpaired) electrons. The average molecular weight is 407 g/mol. The first kappa shape index (κ1) is 20.0. The third kappa shape index (κ3) is 3.91. The first-order valence-electron chi connectivity index (χ1n) is 9.91. The van der Waals surface area contributed by atoms with Crippen molar-refractivity contribution in [2.75, 3.05) is 32.6 Å². The van der Waals surface area contributed by atoms with Crippen LogP contribution in [0.15, 0.2) is 47.4 Å². The molecule has 1 aliphatic heterocycles. The second-order valence-corrected chi connectivity index (χ2v) is 7.79. The van der Waals surface area contributed by atoms with Crippen LogP contribution in [0.25, 0.3) is 10.9 Å². The van der Waals surface area contributed by atoms with E-state index >= 15 is 0 Å². The molecule has 0 amide bonds. The smallest absolute Gasteiger partial charge is 0.337 e. The zero-order valence-electron chi connectivity index (χ0n) is 17.3. The molecule has 8 heteroatoms. The second-order valence-electron chi connectivity index (χ2n) is 7.79. The Bertz CT molecular complexity index is 1130. The summed E-state index contributed by atoms with van der Waals surface area (Å²) in [5.41, 5.74) is 2.16. The minimum atomic E-state index is -0.331. The summed E-state index contributed by atoms with van der Waals surface area (Å²) in [7, 11) is 5.13. The normalized spacial score (nSPS) is 19.6. The van der Waals surface area contributed by atoms with Gasteiger partial charge < -0.3 is 15.0 Å². The van der Waals surface area contributed by atoms with Crippen molar-refractivity contribution in [1.29, 1.82) is 0 Å². The summed E-state index contributed by atoms with van der Waals surface area (Å²) in [5, 5.41) is 8.48. The fourth-order valence-electron chi connectivity index (χ4n) is 4.15. The largest absolute Gasteiger partial charge is 0.465 e. The lowest BCUT2D eigenvalue weighted by Gasteiger charge is -2.36. The Morgan fingerprint density at radius 3 is 2.67 bits per heavy atom. The van der Waals surface area contributed by atoms with E-state index in [0.29, 0.717) is 28.2 Å². The maximum Gasteiger partial charge on any atom is 0.337 e. The number of pyridine rings is 1. The first-order chi connectivity index (χ1) is 14.5. The van der Waals surface area contributed by atoms with Crippen molar-refractivity contribution < 1.29 is 9.53 Å². The maximum absolute atomic E-state index is 12.4. The van der Waals surface area contributed by atoms with Crippen LogP contribution in [0, 0.1) is 0 Å². The van der Waals surface area contributed by atoms with Crippen molar-refractivity contribution in [2.24, 2.45) is 7.05 Å². The van der Waals surface area contributed by atoms with Crippen molar-refractivity contribution in [3.63, 3.8) is 0 Å². The van der Waals surface area contributed by atoms with Crippen molar-refractivity contribution in [1.82, 2.24) is 19.7 Å². The number of hydrogen-bond acceptors (Lipinski definition) is 7. The molecule has 0 unspecified atom stereocenters. The number of anilines is 1. The van der Waals surface area contributed by atoms with Gasteiger partial charge in [-0.05, 0) is 49.2 Å². The lowest BCUT2D eigenvalue weighted by molar-refractivity contribution is 0.0600. The number of piperidine rings is 1. The van der Waals surface area contributed by atoms with E-state index in [2.05, 4.69) is 27.3 Å². The molecule has 1 saturated heterocycles. The zero-order chi connectivity index (χ0) is 21.3. The van der Waals surface area contributed by atoms with Crippen LogP contribution in [0.3, 0.4) is 0 Å². The quantitative estimate of drug-likeness (QED) is 0.662. The molecular formula is C22H25N5O3. The van der Waals surface area contributed by atoms with Crippen LogP contribution >= 0.6 is 0 Å². The fraction of sp³-hybridized carbons (Fsp3) is 0.364. The number of likely N-dealkylation sites (tertiary alicyclic amines) is 1. The van der Waals surface area contributed by atoms with Crippen molar-refractivity contribution in [2.45, 2.75) is 18.4 Å². The number of rotatable bonds is 4. The average Bonchev–Trinajstić information content (AvgIpc) is 2.76. The lowest BCUT2D eigenvalue weighted by Crippen LogP contribution is -2.44. The Balaban J connectivity index is 1.58. The summed E-state index contributed by atoms with van der Waals surface area (Å²) in [6.45, 7) is 1.78. The van der Waals surface area contributed by atoms with Gasteiger partial charge >= 0.3 is 5.97 Å². The summed E-state index contributed by atoms with van der Waals surface area (Å²) in [4.78, 5) is 30.7. The molecule has 0 spiro atoms. The SMILES string of the molecule is COC(=O)c1ccc([C@H]2C[C@@H](Nc3nn(C)c(=O)c4cccnc34)CN(C)C2)cc1. The number of methoxy groups -OCH3 is 1. The third-order valence-corrected chi connectivity index (χ3v) is 5.58. The van der Waals surface area contributed by atoms with Gasteiger partial charge in [0.1, 0.15) is 5.52 Å². The number of ether oxygens (including phenoxy) is 1. The van der Waals surface area contributed by atoms with E-state index < -0.39 is 0 Å². The molecule has 156 valence electrons. The molecule has 2 aromatic heterocycles. The molecule has 3 aromatic rings. The summed E-state index contributed by atoms with van der Waals surface area (Å²) in [6.07, 6.45) is 2.58. The second kappa shape index (κ2) is 8.23. The molecule has 8 nitrogen and oxygen atoms in total. The molecule has 1 N–H and O–H groups in total. The van der Waals surface area contributed by atoms with Crippen LogP contribution in [-0.2, 0) is 11.8 Å². The Morgan fingerprint density at radius 2 is 1.93 bits per heavy atom. The number of likely N-dealkylation sites (N-methyl/N-ethyl adjacent to an activating group) is 1. The number of benzene rings is 1. The molecule has 0 aliphatic carbocycles. The topological polar surface area (TPSA) is 89.3 Å². The molecule has 4 rings (SSSR count). The molecular weight excluding hydrogens is 382 g/mol. The van der Waals surface area contributed by atoms with Gasteiger partial charge in [-0.2, -0.15) is 5.10 Å². The maximum atomic E-state index is 12.4. The standard InChI is InChI=1S/C22H25N5O3/c1-26-12-16(14-6-8-15(9-7-14)22(29)30-3)11-17(13-26)24-20-19-18(5-4-10-23-19)21(28)27(2)25-20/h4-10,16-17H,11-13H2,1-3H3,(H,24,25)/t16-,17+/m0/s1. The Kier molecular flexibility index (Phi) is 5.50. The van der Waals surface area contributed by atoms with Crippen molar-refractivity contribution >= 4 is 22.7 Å². The highest BCUT2D eigenvalue weighted by Crippen LogP contribution is 2.29. The van der Waals surface area contributed by atoms with Gasteiger partial charge in [-0.25, -0.2) is 9.48 Å². The molecule has 0 saturated carbocycles. The summed E-state index contributed by atoms with van der Waals surface area (Å²) in [5.74, 6) is 0.592. The minimum absolute atomic E-state index is 0.143. The number of fused-ring (bicyclic) bond motifs is 1. The minimum Gasteiger partial charge on any atom is -0.465 e. The van der Waals surface area contributed by atoms with Gasteiger partial charge in [-0.3, -0.25) is 9.78 Å². The van der Waals surface area contributed by atoms with Crippen molar-refractivity contribution in [3.05, 3.63) is 64.1 Å². The van der Waals surface area contributed by atoms with Crippen LogP contribution in [-0.4, -0.2) is 58.9 Å². The third-order valence-electron chi connectivity index (χ3n) is 5.58. The van der Waals surface area contributed by atoms with Crippen LogP contribution < -0.4 is 10.9 Å². The van der Waals surface area contributed by atoms with Gasteiger partial charge in [0.05, 0.1) is 18.1 Å². The Morgan fingerprint density at radius 1 is 1.17 bits per heavy atom. The Hall–Kier alpha value is -3.26. The number of nitrogens with one attached hydrogen (secondary N) is 1. The molecule has 1 aromatic carbocycles. The lowest BCUT2D eigenvalue weighted by atomic mass is 9.88. The van der Waals surface area contributed by atoms with E-state index in [9.17, 15) is 9.59 Å². The van der Waals surface area contributed by atoms with Crippen LogP contribution in [0.1, 0.15) is 28.3 Å². The van der Waals surface area contributed by atoms with E-state index in [1.165, 1.54) is 17.4 Å². The highest BCUT2D eigenvalue weighted by atomic mass is 16.5. The fourth-order valence-corrected chi connectivity index (χ4v) is 4.15. The number of aryl methyl sites for hydroxylation is 1. The van der Waals surface area contributed by atoms with Gasteiger partial charge in [0, 0.05) is 32.4 Å². The van der Waals surface area contributed by atoms with E-state index in [4.69, 9.17) is 4.74 Å². The zero-order valence-corrected chi connectivity index (χ0v) is 17.3. The monoisotopic (exact) mass is 407 g/mol. The summed E-state index contributed by atoms with van der Waals surface area (Å²) in [6, 6.07) is 11.3. The summed E-state index contributed by atoms with van der Waals surface area (Å²) >= 11 is 0. The van der Waals surface area contributed by atoms with E-state index in [1.807, 2.05) is 24.3 Å². The predicted molar refractivity (Wildman–Crippen MR) is 115 cm³/mol. The van der Waals surface area contributed by atoms with Gasteiger partial charge in [0.15, 0.2) is 5.82 Å². The van der Waals surface area contributed by atoms with E-state index in [1.54, 1.807) is 25.4 Å². The number of esters is 1. The van der Waals surface area contributed by atoms with Crippen LogP contribution in [0.2, 0.25) is 0 Å². The van der Waals surface area contributed by atoms with E-state index in [-0.39, 0.29) is 17.6 Å². The van der Waals surface area contributed by atoms with Gasteiger partial charge in [0.2, 0.25) is 0 Å². The van der Waals surface area contributed by atoms with Crippen LogP contribution in [0.5, 0.6) is 0 Å². The predicted octanol–water partition coefficient (Wildman–Crippen LogP) is 2.01. The molecule has 0 bridgehead atoms. The molecule has 3 heterocycles. The molecule has 1 fully saturated rings. The highest BCUT2D eigenvalue weighted by Gasteiger charge is 2.27. The highest BCUT2D eigenvalue weighted by molar-refractivity contribution is 5.89. The number of carbonyl (C=O) groups is 1. The molecule has 30 heavy (non-hydrogen) atoms. The first-order valence-corrected chi connectivity index (χ1v) is 9.91. The van der Waals surface area contributed by atoms with E-state index in [0.717, 1.165) is 19.5 Å². The molecule has 1 aliphatic rings. The summed E-state index contributed by atoms with van der Waals surface area (Å²) < 4.78 is 6.13. The molecule has 2 atom stereocenters.